The van der Waals surface area contributed by atoms with Gasteiger partial charge in [0.05, 0.1) is 0 Å². The van der Waals surface area contributed by atoms with Crippen LogP contribution in [-0.4, -0.2) is 53.5 Å². The Morgan fingerprint density at radius 3 is 2.55 bits per heavy atom. The second-order valence-electron chi connectivity index (χ2n) is 5.81. The lowest BCUT2D eigenvalue weighted by molar-refractivity contribution is -0.131. The molecule has 2 amide bonds. The third kappa shape index (κ3) is 3.44. The van der Waals surface area contributed by atoms with Gasteiger partial charge in [0.15, 0.2) is 0 Å². The van der Waals surface area contributed by atoms with Crippen molar-refractivity contribution >= 4 is 11.8 Å². The summed E-state index contributed by atoms with van der Waals surface area (Å²) in [6.07, 6.45) is 6.31. The number of aromatic nitrogens is 1. The first-order valence-corrected chi connectivity index (χ1v) is 7.85. The van der Waals surface area contributed by atoms with Crippen LogP contribution in [0, 0.1) is 0 Å². The third-order valence-electron chi connectivity index (χ3n) is 4.28. The number of nitrogens with one attached hydrogen (secondary N) is 1. The van der Waals surface area contributed by atoms with Crippen LogP contribution in [0.25, 0.3) is 0 Å². The van der Waals surface area contributed by atoms with Gasteiger partial charge in [0.25, 0.3) is 5.91 Å². The predicted molar refractivity (Wildman–Crippen MR) is 80.3 cm³/mol. The summed E-state index contributed by atoms with van der Waals surface area (Å²) < 4.78 is 5.39. The van der Waals surface area contributed by atoms with Gasteiger partial charge in [-0.25, -0.2) is 0 Å². The molecule has 6 nitrogen and oxygen atoms in total. The SMILES string of the molecule is O=C(NC1CCN(C(=O)c2ccncc2)CC1)[C@H]1CCCO1. The van der Waals surface area contributed by atoms with Gasteiger partial charge in [-0.3, -0.25) is 14.6 Å². The fourth-order valence-corrected chi connectivity index (χ4v) is 2.98. The molecule has 1 N–H and O–H groups in total. The number of ether oxygens (including phenoxy) is 1. The lowest BCUT2D eigenvalue weighted by atomic mass is 10.0. The molecule has 0 radical (unpaired) electrons. The van der Waals surface area contributed by atoms with Gasteiger partial charge in [0.1, 0.15) is 6.10 Å². The number of piperidine rings is 1. The number of nitrogens with zero attached hydrogens (tertiary/aromatic N) is 2. The molecule has 2 aliphatic rings. The predicted octanol–water partition coefficient (Wildman–Crippen LogP) is 0.981. The number of pyridine rings is 1. The van der Waals surface area contributed by atoms with Gasteiger partial charge in [-0.15, -0.1) is 0 Å². The van der Waals surface area contributed by atoms with E-state index in [0.717, 1.165) is 25.7 Å². The van der Waals surface area contributed by atoms with Crippen molar-refractivity contribution in [2.45, 2.75) is 37.8 Å². The van der Waals surface area contributed by atoms with Gasteiger partial charge in [0, 0.05) is 43.7 Å². The van der Waals surface area contributed by atoms with Crippen molar-refractivity contribution in [3.63, 3.8) is 0 Å². The summed E-state index contributed by atoms with van der Waals surface area (Å²) >= 11 is 0. The normalized spacial score (nSPS) is 22.5. The first kappa shape index (κ1) is 15.0. The van der Waals surface area contributed by atoms with Crippen LogP contribution in [0.15, 0.2) is 24.5 Å². The van der Waals surface area contributed by atoms with Crippen molar-refractivity contribution in [3.05, 3.63) is 30.1 Å². The van der Waals surface area contributed by atoms with Gasteiger partial charge in [-0.1, -0.05) is 0 Å². The first-order chi connectivity index (χ1) is 10.7. The smallest absolute Gasteiger partial charge is 0.253 e. The summed E-state index contributed by atoms with van der Waals surface area (Å²) in [6.45, 7) is 2.01. The maximum Gasteiger partial charge on any atom is 0.253 e. The Hall–Kier alpha value is -1.95. The molecule has 2 aliphatic heterocycles. The van der Waals surface area contributed by atoms with Crippen LogP contribution in [-0.2, 0) is 9.53 Å². The molecule has 0 aromatic carbocycles. The van der Waals surface area contributed by atoms with Gasteiger partial charge < -0.3 is 15.0 Å². The summed E-state index contributed by atoms with van der Waals surface area (Å²) in [7, 11) is 0. The van der Waals surface area contributed by atoms with E-state index < -0.39 is 0 Å². The summed E-state index contributed by atoms with van der Waals surface area (Å²) in [6, 6.07) is 3.60. The van der Waals surface area contributed by atoms with E-state index in [1.165, 1.54) is 0 Å². The van der Waals surface area contributed by atoms with Crippen LogP contribution in [0.5, 0.6) is 0 Å². The minimum atomic E-state index is -0.281. The largest absolute Gasteiger partial charge is 0.368 e. The average Bonchev–Trinajstić information content (AvgIpc) is 3.10. The Balaban J connectivity index is 1.48. The van der Waals surface area contributed by atoms with Gasteiger partial charge >= 0.3 is 0 Å². The highest BCUT2D eigenvalue weighted by Crippen LogP contribution is 2.16. The zero-order valence-corrected chi connectivity index (χ0v) is 12.5. The topological polar surface area (TPSA) is 71.5 Å². The zero-order chi connectivity index (χ0) is 15.4. The summed E-state index contributed by atoms with van der Waals surface area (Å²) in [5.41, 5.74) is 0.664. The van der Waals surface area contributed by atoms with Gasteiger partial charge in [-0.05, 0) is 37.8 Å². The standard InChI is InChI=1S/C16H21N3O3/c20-15(14-2-1-11-22-14)18-13-5-9-19(10-6-13)16(21)12-3-7-17-8-4-12/h3-4,7-8,13-14H,1-2,5-6,9-11H2,(H,18,20)/t14-/m1/s1. The van der Waals surface area contributed by atoms with Crippen LogP contribution in [0.4, 0.5) is 0 Å². The summed E-state index contributed by atoms with van der Waals surface area (Å²) in [5.74, 6) is 0.0303. The summed E-state index contributed by atoms with van der Waals surface area (Å²) in [4.78, 5) is 30.1. The van der Waals surface area contributed by atoms with E-state index in [1.54, 1.807) is 24.5 Å². The highest BCUT2D eigenvalue weighted by molar-refractivity contribution is 5.94. The molecule has 1 aromatic heterocycles. The molecule has 0 saturated carbocycles. The van der Waals surface area contributed by atoms with Crippen molar-refractivity contribution in [3.8, 4) is 0 Å². The maximum absolute atomic E-state index is 12.3. The Labute approximate surface area is 129 Å². The lowest BCUT2D eigenvalue weighted by Crippen LogP contribution is -2.48. The molecule has 6 heteroatoms. The van der Waals surface area contributed by atoms with E-state index in [1.807, 2.05) is 4.90 Å². The number of likely N-dealkylation sites (tertiary alicyclic amines) is 1. The highest BCUT2D eigenvalue weighted by atomic mass is 16.5. The molecule has 0 spiro atoms. The minimum Gasteiger partial charge on any atom is -0.368 e. The molecule has 2 saturated heterocycles. The van der Waals surface area contributed by atoms with Crippen molar-refractivity contribution in [2.75, 3.05) is 19.7 Å². The van der Waals surface area contributed by atoms with Crippen molar-refractivity contribution in [1.29, 1.82) is 0 Å². The van der Waals surface area contributed by atoms with Crippen molar-refractivity contribution in [1.82, 2.24) is 15.2 Å². The van der Waals surface area contributed by atoms with E-state index >= 15 is 0 Å². The lowest BCUT2D eigenvalue weighted by Gasteiger charge is -2.32. The molecular formula is C16H21N3O3. The molecular weight excluding hydrogens is 282 g/mol. The Morgan fingerprint density at radius 2 is 1.91 bits per heavy atom. The molecule has 22 heavy (non-hydrogen) atoms. The summed E-state index contributed by atoms with van der Waals surface area (Å²) in [5, 5.41) is 3.05. The number of amides is 2. The average molecular weight is 303 g/mol. The monoisotopic (exact) mass is 303 g/mol. The maximum atomic E-state index is 12.3. The Kier molecular flexibility index (Phi) is 4.68. The Morgan fingerprint density at radius 1 is 1.18 bits per heavy atom. The van der Waals surface area contributed by atoms with Crippen LogP contribution in [0.3, 0.4) is 0 Å². The fraction of sp³-hybridized carbons (Fsp3) is 0.562. The molecule has 118 valence electrons. The highest BCUT2D eigenvalue weighted by Gasteiger charge is 2.28. The molecule has 3 heterocycles. The molecule has 0 aliphatic carbocycles. The van der Waals surface area contributed by atoms with E-state index in [4.69, 9.17) is 4.74 Å². The first-order valence-electron chi connectivity index (χ1n) is 7.85. The van der Waals surface area contributed by atoms with Crippen LogP contribution in [0.1, 0.15) is 36.0 Å². The van der Waals surface area contributed by atoms with Crippen LogP contribution < -0.4 is 5.32 Å². The van der Waals surface area contributed by atoms with Gasteiger partial charge in [-0.2, -0.15) is 0 Å². The second-order valence-corrected chi connectivity index (χ2v) is 5.81. The number of carbonyl (C=O) groups is 2. The number of hydrogen-bond acceptors (Lipinski definition) is 4. The minimum absolute atomic E-state index is 0.00332. The molecule has 1 atom stereocenters. The molecule has 2 fully saturated rings. The van der Waals surface area contributed by atoms with Crippen LogP contribution in [0.2, 0.25) is 0 Å². The Bertz CT molecular complexity index is 521. The number of hydrogen-bond donors (Lipinski definition) is 1. The molecule has 0 bridgehead atoms. The van der Waals surface area contributed by atoms with E-state index in [-0.39, 0.29) is 24.0 Å². The van der Waals surface area contributed by atoms with E-state index in [2.05, 4.69) is 10.3 Å². The second kappa shape index (κ2) is 6.87. The third-order valence-corrected chi connectivity index (χ3v) is 4.28. The van der Waals surface area contributed by atoms with Crippen molar-refractivity contribution in [2.24, 2.45) is 0 Å². The van der Waals surface area contributed by atoms with E-state index in [9.17, 15) is 9.59 Å². The van der Waals surface area contributed by atoms with Gasteiger partial charge in [0.2, 0.25) is 5.91 Å². The number of carbonyl (C=O) groups excluding carboxylic acids is 2. The van der Waals surface area contributed by atoms with Crippen molar-refractivity contribution < 1.29 is 14.3 Å². The molecule has 0 unspecified atom stereocenters. The van der Waals surface area contributed by atoms with Crippen LogP contribution >= 0.6 is 0 Å². The fourth-order valence-electron chi connectivity index (χ4n) is 2.98. The quantitative estimate of drug-likeness (QED) is 0.903. The van der Waals surface area contributed by atoms with E-state index in [0.29, 0.717) is 25.3 Å². The molecule has 3 rings (SSSR count). The molecule has 1 aromatic rings. The number of rotatable bonds is 3. The zero-order valence-electron chi connectivity index (χ0n) is 12.5.